The highest BCUT2D eigenvalue weighted by Gasteiger charge is 2.18. The van der Waals surface area contributed by atoms with E-state index in [1.807, 2.05) is 43.3 Å². The first-order valence-corrected chi connectivity index (χ1v) is 9.29. The summed E-state index contributed by atoms with van der Waals surface area (Å²) in [5, 5.41) is 3.02. The summed E-state index contributed by atoms with van der Waals surface area (Å²) >= 11 is 0. The van der Waals surface area contributed by atoms with Crippen molar-refractivity contribution in [1.82, 2.24) is 10.3 Å². The third kappa shape index (κ3) is 4.09. The molecular weight excluding hydrogens is 367 g/mol. The fraction of sp³-hybridized carbons (Fsp3) is 0.0833. The summed E-state index contributed by atoms with van der Waals surface area (Å²) in [6.45, 7) is 1.94. The molecule has 1 amide bonds. The summed E-state index contributed by atoms with van der Waals surface area (Å²) in [4.78, 5) is 17.2. The van der Waals surface area contributed by atoms with E-state index in [0.717, 1.165) is 5.56 Å². The molecule has 1 N–H and O–H groups in total. The van der Waals surface area contributed by atoms with Gasteiger partial charge in [-0.15, -0.1) is 0 Å². The molecule has 1 aromatic heterocycles. The number of amides is 1. The number of hydrogen-bond donors (Lipinski definition) is 1. The van der Waals surface area contributed by atoms with Gasteiger partial charge in [0, 0.05) is 11.1 Å². The number of halogens is 1. The molecular formula is C24H19FN2O2. The third-order valence-electron chi connectivity index (χ3n) is 4.68. The van der Waals surface area contributed by atoms with E-state index in [1.165, 1.54) is 12.1 Å². The van der Waals surface area contributed by atoms with E-state index in [9.17, 15) is 9.18 Å². The molecule has 0 spiro atoms. The smallest absolute Gasteiger partial charge is 0.252 e. The first kappa shape index (κ1) is 18.6. The zero-order valence-corrected chi connectivity index (χ0v) is 15.8. The normalized spacial score (nSPS) is 11.8. The van der Waals surface area contributed by atoms with Crippen LogP contribution in [0, 0.1) is 5.82 Å². The first-order chi connectivity index (χ1) is 14.1. The van der Waals surface area contributed by atoms with Gasteiger partial charge in [-0.25, -0.2) is 9.37 Å². The minimum absolute atomic E-state index is 0.143. The van der Waals surface area contributed by atoms with E-state index in [2.05, 4.69) is 10.3 Å². The topological polar surface area (TPSA) is 55.1 Å². The lowest BCUT2D eigenvalue weighted by atomic mass is 10.0. The molecule has 5 heteroatoms. The summed E-state index contributed by atoms with van der Waals surface area (Å²) in [6, 6.07) is 22.8. The van der Waals surface area contributed by atoms with Crippen molar-refractivity contribution in [2.75, 3.05) is 0 Å². The SMILES string of the molecule is C[C@@H](NC(=O)c1ccccc1-c1ncc(-c2ccc(F)cc2)o1)c1ccccc1. The van der Waals surface area contributed by atoms with Crippen molar-refractivity contribution < 1.29 is 13.6 Å². The van der Waals surface area contributed by atoms with Gasteiger partial charge in [-0.3, -0.25) is 4.79 Å². The molecule has 4 nitrogen and oxygen atoms in total. The lowest BCUT2D eigenvalue weighted by molar-refractivity contribution is 0.0940. The number of nitrogens with zero attached hydrogens (tertiary/aromatic N) is 1. The maximum Gasteiger partial charge on any atom is 0.252 e. The Morgan fingerprint density at radius 3 is 2.41 bits per heavy atom. The van der Waals surface area contributed by atoms with Gasteiger partial charge in [-0.05, 0) is 48.9 Å². The molecule has 0 radical (unpaired) electrons. The van der Waals surface area contributed by atoms with Crippen LogP contribution in [-0.2, 0) is 0 Å². The van der Waals surface area contributed by atoms with Crippen LogP contribution in [0.2, 0.25) is 0 Å². The second-order valence-electron chi connectivity index (χ2n) is 6.69. The molecule has 1 atom stereocenters. The zero-order chi connectivity index (χ0) is 20.2. The molecule has 3 aromatic carbocycles. The van der Waals surface area contributed by atoms with E-state index in [-0.39, 0.29) is 17.8 Å². The lowest BCUT2D eigenvalue weighted by Gasteiger charge is -2.15. The number of carbonyl (C=O) groups is 1. The van der Waals surface area contributed by atoms with Gasteiger partial charge in [-0.2, -0.15) is 0 Å². The highest BCUT2D eigenvalue weighted by atomic mass is 19.1. The van der Waals surface area contributed by atoms with E-state index < -0.39 is 0 Å². The minimum atomic E-state index is -0.317. The van der Waals surface area contributed by atoms with Crippen molar-refractivity contribution in [2.24, 2.45) is 0 Å². The van der Waals surface area contributed by atoms with Crippen molar-refractivity contribution in [1.29, 1.82) is 0 Å². The predicted molar refractivity (Wildman–Crippen MR) is 110 cm³/mol. The Morgan fingerprint density at radius 1 is 0.966 bits per heavy atom. The Bertz CT molecular complexity index is 1120. The maximum atomic E-state index is 13.2. The molecule has 0 unspecified atom stereocenters. The number of benzene rings is 3. The fourth-order valence-corrected chi connectivity index (χ4v) is 3.11. The maximum absolute atomic E-state index is 13.2. The van der Waals surface area contributed by atoms with Crippen LogP contribution in [0.4, 0.5) is 4.39 Å². The van der Waals surface area contributed by atoms with Crippen molar-refractivity contribution in [3.63, 3.8) is 0 Å². The van der Waals surface area contributed by atoms with E-state index in [0.29, 0.717) is 28.3 Å². The fourth-order valence-electron chi connectivity index (χ4n) is 3.11. The molecule has 1 heterocycles. The molecule has 0 aliphatic carbocycles. The summed E-state index contributed by atoms with van der Waals surface area (Å²) in [7, 11) is 0. The summed E-state index contributed by atoms with van der Waals surface area (Å²) in [5.74, 6) is 0.317. The van der Waals surface area contributed by atoms with Gasteiger partial charge < -0.3 is 9.73 Å². The van der Waals surface area contributed by atoms with Crippen LogP contribution in [0.1, 0.15) is 28.9 Å². The molecule has 29 heavy (non-hydrogen) atoms. The van der Waals surface area contributed by atoms with Gasteiger partial charge in [-0.1, -0.05) is 42.5 Å². The van der Waals surface area contributed by atoms with Gasteiger partial charge in [0.25, 0.3) is 5.91 Å². The number of rotatable bonds is 5. The molecule has 0 saturated carbocycles. The van der Waals surface area contributed by atoms with Gasteiger partial charge in [0.1, 0.15) is 5.82 Å². The van der Waals surface area contributed by atoms with Crippen LogP contribution in [-0.4, -0.2) is 10.9 Å². The van der Waals surface area contributed by atoms with Crippen molar-refractivity contribution in [3.8, 4) is 22.8 Å². The van der Waals surface area contributed by atoms with Gasteiger partial charge in [0.05, 0.1) is 17.8 Å². The molecule has 0 saturated heterocycles. The second-order valence-corrected chi connectivity index (χ2v) is 6.69. The predicted octanol–water partition coefficient (Wildman–Crippen LogP) is 5.64. The highest BCUT2D eigenvalue weighted by Crippen LogP contribution is 2.28. The highest BCUT2D eigenvalue weighted by molar-refractivity contribution is 6.00. The number of carbonyl (C=O) groups excluding carboxylic acids is 1. The zero-order valence-electron chi connectivity index (χ0n) is 15.8. The molecule has 0 bridgehead atoms. The number of oxazole rings is 1. The second kappa shape index (κ2) is 8.10. The molecule has 0 aliphatic rings. The number of aromatic nitrogens is 1. The Kier molecular flexibility index (Phi) is 5.20. The Balaban J connectivity index is 1.60. The van der Waals surface area contributed by atoms with Gasteiger partial charge >= 0.3 is 0 Å². The van der Waals surface area contributed by atoms with Gasteiger partial charge in [0.15, 0.2) is 5.76 Å². The Morgan fingerprint density at radius 2 is 1.66 bits per heavy atom. The monoisotopic (exact) mass is 386 g/mol. The van der Waals surface area contributed by atoms with Gasteiger partial charge in [0.2, 0.25) is 5.89 Å². The average Bonchev–Trinajstić information content (AvgIpc) is 3.25. The largest absolute Gasteiger partial charge is 0.436 e. The van der Waals surface area contributed by atoms with Crippen molar-refractivity contribution in [2.45, 2.75) is 13.0 Å². The molecule has 144 valence electrons. The Labute approximate surface area is 168 Å². The van der Waals surface area contributed by atoms with Crippen LogP contribution < -0.4 is 5.32 Å². The minimum Gasteiger partial charge on any atom is -0.436 e. The number of hydrogen-bond acceptors (Lipinski definition) is 3. The van der Waals surface area contributed by atoms with E-state index >= 15 is 0 Å². The average molecular weight is 386 g/mol. The third-order valence-corrected chi connectivity index (χ3v) is 4.68. The standard InChI is InChI=1S/C24H19FN2O2/c1-16(17-7-3-2-4-8-17)27-23(28)20-9-5-6-10-21(20)24-26-15-22(29-24)18-11-13-19(25)14-12-18/h2-16H,1H3,(H,27,28)/t16-/m1/s1. The van der Waals surface area contributed by atoms with Crippen LogP contribution >= 0.6 is 0 Å². The number of nitrogens with one attached hydrogen (secondary N) is 1. The first-order valence-electron chi connectivity index (χ1n) is 9.29. The van der Waals surface area contributed by atoms with Crippen LogP contribution in [0.15, 0.2) is 89.5 Å². The van der Waals surface area contributed by atoms with E-state index in [4.69, 9.17) is 4.42 Å². The lowest BCUT2D eigenvalue weighted by Crippen LogP contribution is -2.27. The molecule has 4 aromatic rings. The van der Waals surface area contributed by atoms with Crippen molar-refractivity contribution in [3.05, 3.63) is 102 Å². The molecule has 0 fully saturated rings. The quantitative estimate of drug-likeness (QED) is 0.483. The molecule has 4 rings (SSSR count). The summed E-state index contributed by atoms with van der Waals surface area (Å²) < 4.78 is 19.0. The van der Waals surface area contributed by atoms with Crippen LogP contribution in [0.25, 0.3) is 22.8 Å². The van der Waals surface area contributed by atoms with Crippen molar-refractivity contribution >= 4 is 5.91 Å². The van der Waals surface area contributed by atoms with E-state index in [1.54, 1.807) is 36.5 Å². The Hall–Kier alpha value is -3.73. The van der Waals surface area contributed by atoms with Crippen LogP contribution in [0.3, 0.4) is 0 Å². The summed E-state index contributed by atoms with van der Waals surface area (Å²) in [6.07, 6.45) is 1.57. The molecule has 0 aliphatic heterocycles. The summed E-state index contributed by atoms with van der Waals surface area (Å²) in [5.41, 5.74) is 2.80. The van der Waals surface area contributed by atoms with Crippen LogP contribution in [0.5, 0.6) is 0 Å².